The van der Waals surface area contributed by atoms with Crippen LogP contribution in [0.15, 0.2) is 53.6 Å². The number of aryl methyl sites for hydroxylation is 1. The van der Waals surface area contributed by atoms with Crippen LogP contribution in [0.4, 0.5) is 24.8 Å². The summed E-state index contributed by atoms with van der Waals surface area (Å²) in [6.45, 7) is 2.16. The summed E-state index contributed by atoms with van der Waals surface area (Å²) in [5, 5.41) is 3.42. The molecule has 42 heavy (non-hydrogen) atoms. The van der Waals surface area contributed by atoms with Crippen molar-refractivity contribution >= 4 is 38.3 Å². The lowest BCUT2D eigenvalue weighted by molar-refractivity contribution is 0.0950. The van der Waals surface area contributed by atoms with E-state index in [-0.39, 0.29) is 47.3 Å². The van der Waals surface area contributed by atoms with E-state index in [0.717, 1.165) is 6.07 Å². The first-order valence-electron chi connectivity index (χ1n) is 13.0. The van der Waals surface area contributed by atoms with Crippen molar-refractivity contribution in [2.75, 3.05) is 24.7 Å². The standard InChI is InChI=1S/C28H24F3N5O5S/c1-15-10-17(11-22-25(15)41-8-6-23(29)42(22,38)39)28(37)33-14-18-12-20-16(13-32-18)2-5-24(34-20)36-7-9-40-21-4-3-19(26(30)31)35-27(21)36/h2-5,10-13,23,26H,6-9,14H2,1H3,(H,33,37)/t23-/m1/s1. The molecule has 2 aliphatic rings. The van der Waals surface area contributed by atoms with Crippen molar-refractivity contribution in [1.29, 1.82) is 0 Å². The molecule has 1 amide bonds. The Morgan fingerprint density at radius 1 is 1.12 bits per heavy atom. The lowest BCUT2D eigenvalue weighted by Crippen LogP contribution is -2.30. The highest BCUT2D eigenvalue weighted by Crippen LogP contribution is 2.37. The van der Waals surface area contributed by atoms with Gasteiger partial charge >= 0.3 is 0 Å². The molecule has 0 aliphatic carbocycles. The number of halogens is 3. The minimum atomic E-state index is -4.31. The smallest absolute Gasteiger partial charge is 0.280 e. The summed E-state index contributed by atoms with van der Waals surface area (Å²) in [7, 11) is -4.31. The number of carbonyl (C=O) groups is 1. The van der Waals surface area contributed by atoms with E-state index in [1.807, 2.05) is 0 Å². The van der Waals surface area contributed by atoms with Crippen LogP contribution < -0.4 is 19.7 Å². The van der Waals surface area contributed by atoms with Gasteiger partial charge in [-0.05, 0) is 55.0 Å². The first kappa shape index (κ1) is 27.7. The maximum Gasteiger partial charge on any atom is 0.280 e. The van der Waals surface area contributed by atoms with Crippen LogP contribution in [-0.2, 0) is 16.4 Å². The van der Waals surface area contributed by atoms with E-state index in [1.165, 1.54) is 18.2 Å². The van der Waals surface area contributed by atoms with E-state index in [1.54, 1.807) is 36.2 Å². The summed E-state index contributed by atoms with van der Waals surface area (Å²) in [4.78, 5) is 27.5. The van der Waals surface area contributed by atoms with Crippen molar-refractivity contribution < 1.29 is 35.9 Å². The quantitative estimate of drug-likeness (QED) is 0.351. The van der Waals surface area contributed by atoms with Crippen LogP contribution in [0.5, 0.6) is 11.5 Å². The summed E-state index contributed by atoms with van der Waals surface area (Å²) in [5.41, 5.74) is -1.04. The third kappa shape index (κ3) is 5.06. The molecule has 0 unspecified atom stereocenters. The fraction of sp³-hybridized carbons (Fsp3) is 0.286. The largest absolute Gasteiger partial charge is 0.492 e. The number of amides is 1. The second-order valence-corrected chi connectivity index (χ2v) is 11.8. The van der Waals surface area contributed by atoms with E-state index in [2.05, 4.69) is 20.3 Å². The van der Waals surface area contributed by atoms with E-state index in [4.69, 9.17) is 9.47 Å². The molecule has 0 saturated carbocycles. The Hall–Kier alpha value is -4.46. The van der Waals surface area contributed by atoms with Crippen LogP contribution >= 0.6 is 0 Å². The number of fused-ring (bicyclic) bond motifs is 3. The number of sulfone groups is 1. The van der Waals surface area contributed by atoms with E-state index in [9.17, 15) is 26.4 Å². The van der Waals surface area contributed by atoms with Gasteiger partial charge in [0.2, 0.25) is 15.3 Å². The minimum absolute atomic E-state index is 0.00844. The number of alkyl halides is 3. The number of ether oxygens (including phenoxy) is 2. The molecule has 0 fully saturated rings. The number of aromatic nitrogens is 3. The number of anilines is 2. The normalized spacial score (nSPS) is 17.5. The van der Waals surface area contributed by atoms with E-state index < -0.39 is 27.7 Å². The molecule has 2 aliphatic heterocycles. The highest BCUT2D eigenvalue weighted by Gasteiger charge is 2.35. The molecule has 218 valence electrons. The van der Waals surface area contributed by atoms with Gasteiger partial charge in [-0.2, -0.15) is 0 Å². The fourth-order valence-corrected chi connectivity index (χ4v) is 6.29. The molecular formula is C28H24F3N5O5S. The van der Waals surface area contributed by atoms with Gasteiger partial charge in [-0.3, -0.25) is 9.78 Å². The molecule has 0 radical (unpaired) electrons. The van der Waals surface area contributed by atoms with E-state index in [0.29, 0.717) is 46.9 Å². The highest BCUT2D eigenvalue weighted by molar-refractivity contribution is 7.92. The summed E-state index contributed by atoms with van der Waals surface area (Å²) >= 11 is 0. The minimum Gasteiger partial charge on any atom is -0.492 e. The number of nitrogens with zero attached hydrogens (tertiary/aromatic N) is 4. The Kier molecular flexibility index (Phi) is 7.09. The van der Waals surface area contributed by atoms with Gasteiger partial charge in [0, 0.05) is 23.6 Å². The van der Waals surface area contributed by atoms with Crippen LogP contribution in [0.3, 0.4) is 0 Å². The predicted molar refractivity (Wildman–Crippen MR) is 146 cm³/mol. The lowest BCUT2D eigenvalue weighted by Gasteiger charge is -2.29. The third-order valence-corrected chi connectivity index (χ3v) is 8.80. The van der Waals surface area contributed by atoms with Gasteiger partial charge in [-0.1, -0.05) is 0 Å². The Morgan fingerprint density at radius 2 is 1.95 bits per heavy atom. The molecule has 4 aromatic rings. The number of rotatable bonds is 5. The average Bonchev–Trinajstić information content (AvgIpc) is 3.10. The molecule has 6 rings (SSSR count). The summed E-state index contributed by atoms with van der Waals surface area (Å²) in [6.07, 6.45) is -1.45. The molecule has 3 aromatic heterocycles. The maximum absolute atomic E-state index is 14.3. The molecular weight excluding hydrogens is 575 g/mol. The number of pyridine rings is 3. The van der Waals surface area contributed by atoms with Crippen molar-refractivity contribution in [3.05, 3.63) is 71.2 Å². The molecule has 0 spiro atoms. The van der Waals surface area contributed by atoms with Gasteiger partial charge in [-0.15, -0.1) is 0 Å². The number of hydrogen-bond donors (Lipinski definition) is 1. The Bertz CT molecular complexity index is 1820. The summed E-state index contributed by atoms with van der Waals surface area (Å²) in [6, 6.07) is 10.5. The molecule has 5 heterocycles. The molecule has 1 aromatic carbocycles. The zero-order valence-electron chi connectivity index (χ0n) is 22.2. The highest BCUT2D eigenvalue weighted by atomic mass is 32.2. The fourth-order valence-electron chi connectivity index (χ4n) is 4.84. The molecule has 0 saturated heterocycles. The topological polar surface area (TPSA) is 124 Å². The van der Waals surface area contributed by atoms with Gasteiger partial charge in [0.05, 0.1) is 30.9 Å². The van der Waals surface area contributed by atoms with Gasteiger partial charge in [-0.25, -0.2) is 31.6 Å². The Labute approximate surface area is 238 Å². The zero-order chi connectivity index (χ0) is 29.6. The number of carbonyl (C=O) groups excluding carboxylic acids is 1. The predicted octanol–water partition coefficient (Wildman–Crippen LogP) is 4.58. The van der Waals surface area contributed by atoms with Gasteiger partial charge in [0.1, 0.15) is 28.8 Å². The zero-order valence-corrected chi connectivity index (χ0v) is 23.0. The summed E-state index contributed by atoms with van der Waals surface area (Å²) < 4.78 is 77.3. The van der Waals surface area contributed by atoms with Crippen molar-refractivity contribution in [2.45, 2.75) is 36.7 Å². The maximum atomic E-state index is 14.3. The van der Waals surface area contributed by atoms with Crippen LogP contribution in [0, 0.1) is 6.92 Å². The molecule has 0 bridgehead atoms. The lowest BCUT2D eigenvalue weighted by atomic mass is 10.1. The molecule has 1 N–H and O–H groups in total. The molecule has 14 heteroatoms. The molecule has 1 atom stereocenters. The second kappa shape index (κ2) is 10.7. The monoisotopic (exact) mass is 599 g/mol. The van der Waals surface area contributed by atoms with Crippen LogP contribution in [0.25, 0.3) is 10.9 Å². The van der Waals surface area contributed by atoms with Crippen molar-refractivity contribution in [1.82, 2.24) is 20.3 Å². The number of nitrogens with one attached hydrogen (secondary N) is 1. The SMILES string of the molecule is Cc1cc(C(=O)NCc2cc3nc(N4CCOc5ccc(C(F)F)nc54)ccc3cn2)cc2c1OCC[C@H](F)S2(=O)=O. The van der Waals surface area contributed by atoms with Gasteiger partial charge in [0.15, 0.2) is 11.6 Å². The van der Waals surface area contributed by atoms with Crippen LogP contribution in [0.1, 0.15) is 40.2 Å². The second-order valence-electron chi connectivity index (χ2n) is 9.79. The van der Waals surface area contributed by atoms with Crippen molar-refractivity contribution in [2.24, 2.45) is 0 Å². The number of benzene rings is 1. The Balaban J connectivity index is 1.24. The molecule has 10 nitrogen and oxygen atoms in total. The van der Waals surface area contributed by atoms with Crippen molar-refractivity contribution in [3.8, 4) is 11.5 Å². The van der Waals surface area contributed by atoms with Gasteiger partial charge in [0.25, 0.3) is 12.3 Å². The van der Waals surface area contributed by atoms with Crippen LogP contribution in [-0.4, -0.2) is 54.5 Å². The van der Waals surface area contributed by atoms with Crippen LogP contribution in [0.2, 0.25) is 0 Å². The summed E-state index contributed by atoms with van der Waals surface area (Å²) in [5.74, 6) is 0.566. The van der Waals surface area contributed by atoms with E-state index >= 15 is 0 Å². The van der Waals surface area contributed by atoms with Crippen molar-refractivity contribution in [3.63, 3.8) is 0 Å². The first-order valence-corrected chi connectivity index (χ1v) is 14.5. The number of hydrogen-bond acceptors (Lipinski definition) is 9. The Morgan fingerprint density at radius 3 is 2.76 bits per heavy atom. The van der Waals surface area contributed by atoms with Gasteiger partial charge < -0.3 is 19.7 Å². The third-order valence-electron chi connectivity index (χ3n) is 6.97. The average molecular weight is 600 g/mol. The first-order chi connectivity index (χ1) is 20.1.